The highest BCUT2D eigenvalue weighted by Gasteiger charge is 2.42. The van der Waals surface area contributed by atoms with Gasteiger partial charge in [0.05, 0.1) is 23.7 Å². The number of anilines is 1. The Hall–Kier alpha value is -3.52. The van der Waals surface area contributed by atoms with Crippen molar-refractivity contribution >= 4 is 29.3 Å². The summed E-state index contributed by atoms with van der Waals surface area (Å²) < 4.78 is 16.5. The van der Waals surface area contributed by atoms with E-state index in [-0.39, 0.29) is 10.6 Å². The van der Waals surface area contributed by atoms with Crippen molar-refractivity contribution in [2.24, 2.45) is 0 Å². The summed E-state index contributed by atoms with van der Waals surface area (Å²) >= 11 is 6.33. The molecule has 1 aliphatic heterocycles. The standard InChI is InChI=1S/C27H30ClN3O5/c1-17-24-23(29-36-17)22(14-15-30(24)16-18-10-12-19(34-5)13-11-18)31(26(33)35-27(2,3)4)25(32)20-8-6-7-9-21(20)28/h6-13,22H,14-16H2,1-5H3. The van der Waals surface area contributed by atoms with E-state index in [9.17, 15) is 9.59 Å². The third-order valence-electron chi connectivity index (χ3n) is 5.92. The lowest BCUT2D eigenvalue weighted by Gasteiger charge is -2.37. The van der Waals surface area contributed by atoms with Gasteiger partial charge in [-0.05, 0) is 63.9 Å². The summed E-state index contributed by atoms with van der Waals surface area (Å²) in [6.07, 6.45) is -0.308. The quantitative estimate of drug-likeness (QED) is 0.404. The predicted octanol–water partition coefficient (Wildman–Crippen LogP) is 6.17. The van der Waals surface area contributed by atoms with Gasteiger partial charge in [0.2, 0.25) is 0 Å². The van der Waals surface area contributed by atoms with E-state index in [1.807, 2.05) is 31.2 Å². The van der Waals surface area contributed by atoms with Gasteiger partial charge in [-0.25, -0.2) is 9.69 Å². The van der Waals surface area contributed by atoms with Crippen molar-refractivity contribution in [2.75, 3.05) is 18.6 Å². The molecule has 0 bridgehead atoms. The minimum absolute atomic E-state index is 0.215. The minimum atomic E-state index is -0.798. The monoisotopic (exact) mass is 511 g/mol. The maximum absolute atomic E-state index is 13.7. The van der Waals surface area contributed by atoms with Crippen LogP contribution >= 0.6 is 11.6 Å². The molecule has 0 spiro atoms. The molecule has 0 aliphatic carbocycles. The molecular weight excluding hydrogens is 482 g/mol. The first-order valence-electron chi connectivity index (χ1n) is 11.7. The summed E-state index contributed by atoms with van der Waals surface area (Å²) in [5, 5.41) is 4.54. The van der Waals surface area contributed by atoms with Crippen LogP contribution < -0.4 is 9.64 Å². The van der Waals surface area contributed by atoms with Crippen LogP contribution in [0.2, 0.25) is 5.02 Å². The molecule has 0 saturated carbocycles. The van der Waals surface area contributed by atoms with E-state index in [4.69, 9.17) is 25.6 Å². The van der Waals surface area contributed by atoms with Crippen LogP contribution in [0.15, 0.2) is 53.1 Å². The number of aromatic nitrogens is 1. The summed E-state index contributed by atoms with van der Waals surface area (Å²) in [4.78, 5) is 30.4. The molecular formula is C27H30ClN3O5. The maximum atomic E-state index is 13.7. The van der Waals surface area contributed by atoms with E-state index in [0.29, 0.717) is 31.0 Å². The number of amides is 2. The zero-order valence-electron chi connectivity index (χ0n) is 21.1. The number of carbonyl (C=O) groups is 2. The average molecular weight is 512 g/mol. The summed E-state index contributed by atoms with van der Waals surface area (Å²) in [6.45, 7) is 8.27. The number of rotatable bonds is 5. The van der Waals surface area contributed by atoms with Crippen LogP contribution in [-0.4, -0.2) is 41.3 Å². The number of carbonyl (C=O) groups excluding carboxylic acids is 2. The Labute approximate surface area is 215 Å². The Bertz CT molecular complexity index is 1250. The fourth-order valence-electron chi connectivity index (χ4n) is 4.30. The van der Waals surface area contributed by atoms with E-state index in [0.717, 1.165) is 21.9 Å². The van der Waals surface area contributed by atoms with Crippen LogP contribution in [0.25, 0.3) is 0 Å². The highest BCUT2D eigenvalue weighted by Crippen LogP contribution is 2.41. The van der Waals surface area contributed by atoms with E-state index < -0.39 is 23.6 Å². The van der Waals surface area contributed by atoms with Gasteiger partial charge in [-0.3, -0.25) is 4.79 Å². The molecule has 1 atom stereocenters. The normalized spacial score (nSPS) is 15.3. The molecule has 1 aromatic heterocycles. The molecule has 190 valence electrons. The van der Waals surface area contributed by atoms with Crippen molar-refractivity contribution in [3.8, 4) is 5.75 Å². The highest BCUT2D eigenvalue weighted by molar-refractivity contribution is 6.34. The van der Waals surface area contributed by atoms with E-state index in [1.165, 1.54) is 0 Å². The molecule has 2 heterocycles. The van der Waals surface area contributed by atoms with Crippen LogP contribution in [0.5, 0.6) is 5.75 Å². The van der Waals surface area contributed by atoms with Gasteiger partial charge < -0.3 is 18.9 Å². The van der Waals surface area contributed by atoms with Crippen molar-refractivity contribution in [1.29, 1.82) is 0 Å². The number of imide groups is 1. The van der Waals surface area contributed by atoms with Gasteiger partial charge in [-0.15, -0.1) is 0 Å². The predicted molar refractivity (Wildman–Crippen MR) is 136 cm³/mol. The summed E-state index contributed by atoms with van der Waals surface area (Å²) in [7, 11) is 1.63. The van der Waals surface area contributed by atoms with Crippen LogP contribution in [0.1, 0.15) is 60.6 Å². The number of hydrogen-bond donors (Lipinski definition) is 0. The molecule has 2 amide bonds. The van der Waals surface area contributed by atoms with Crippen LogP contribution in [-0.2, 0) is 11.3 Å². The Morgan fingerprint density at radius 1 is 1.17 bits per heavy atom. The molecule has 2 aromatic carbocycles. The number of fused-ring (bicyclic) bond motifs is 1. The lowest BCUT2D eigenvalue weighted by molar-refractivity contribution is 0.0147. The molecule has 0 saturated heterocycles. The number of nitrogens with zero attached hydrogens (tertiary/aromatic N) is 3. The number of benzene rings is 2. The van der Waals surface area contributed by atoms with Gasteiger partial charge in [0.15, 0.2) is 5.76 Å². The van der Waals surface area contributed by atoms with Gasteiger partial charge in [0.1, 0.15) is 22.7 Å². The number of halogens is 1. The van der Waals surface area contributed by atoms with Crippen molar-refractivity contribution in [3.05, 3.63) is 76.1 Å². The maximum Gasteiger partial charge on any atom is 0.417 e. The van der Waals surface area contributed by atoms with Gasteiger partial charge in [-0.1, -0.05) is 41.0 Å². The highest BCUT2D eigenvalue weighted by atomic mass is 35.5. The van der Waals surface area contributed by atoms with Crippen LogP contribution in [0.4, 0.5) is 10.5 Å². The Kier molecular flexibility index (Phi) is 7.26. The molecule has 1 unspecified atom stereocenters. The van der Waals surface area contributed by atoms with Crippen molar-refractivity contribution in [3.63, 3.8) is 0 Å². The summed E-state index contributed by atoms with van der Waals surface area (Å²) in [5.41, 5.74) is 1.78. The first kappa shape index (κ1) is 25.6. The van der Waals surface area contributed by atoms with Crippen molar-refractivity contribution in [2.45, 2.75) is 52.3 Å². The molecule has 3 aromatic rings. The second-order valence-electron chi connectivity index (χ2n) is 9.68. The van der Waals surface area contributed by atoms with E-state index in [1.54, 1.807) is 52.1 Å². The molecule has 4 rings (SSSR count). The molecule has 8 nitrogen and oxygen atoms in total. The molecule has 0 fully saturated rings. The van der Waals surface area contributed by atoms with Crippen LogP contribution in [0, 0.1) is 6.92 Å². The number of hydrogen-bond acceptors (Lipinski definition) is 7. The number of ether oxygens (including phenoxy) is 2. The average Bonchev–Trinajstić information content (AvgIpc) is 3.22. The van der Waals surface area contributed by atoms with Gasteiger partial charge >= 0.3 is 6.09 Å². The Balaban J connectivity index is 1.70. The molecule has 9 heteroatoms. The van der Waals surface area contributed by atoms with E-state index in [2.05, 4.69) is 10.1 Å². The Morgan fingerprint density at radius 2 is 1.86 bits per heavy atom. The molecule has 0 N–H and O–H groups in total. The van der Waals surface area contributed by atoms with E-state index >= 15 is 0 Å². The summed E-state index contributed by atoms with van der Waals surface area (Å²) in [6, 6.07) is 13.8. The largest absolute Gasteiger partial charge is 0.497 e. The SMILES string of the molecule is COc1ccc(CN2CCC(N(C(=O)OC(C)(C)C)C(=O)c3ccccc3Cl)c3noc(C)c32)cc1. The fraction of sp³-hybridized carbons (Fsp3) is 0.370. The van der Waals surface area contributed by atoms with Crippen molar-refractivity contribution < 1.29 is 23.6 Å². The Morgan fingerprint density at radius 3 is 2.50 bits per heavy atom. The lowest BCUT2D eigenvalue weighted by atomic mass is 9.99. The van der Waals surface area contributed by atoms with Gasteiger partial charge in [0.25, 0.3) is 5.91 Å². The molecule has 36 heavy (non-hydrogen) atoms. The smallest absolute Gasteiger partial charge is 0.417 e. The minimum Gasteiger partial charge on any atom is -0.497 e. The molecule has 0 radical (unpaired) electrons. The zero-order valence-corrected chi connectivity index (χ0v) is 21.8. The van der Waals surface area contributed by atoms with Gasteiger partial charge in [-0.2, -0.15) is 0 Å². The number of methoxy groups -OCH3 is 1. The second-order valence-corrected chi connectivity index (χ2v) is 10.1. The lowest BCUT2D eigenvalue weighted by Crippen LogP contribution is -2.46. The third kappa shape index (κ3) is 5.33. The van der Waals surface area contributed by atoms with Gasteiger partial charge in [0, 0.05) is 13.1 Å². The first-order chi connectivity index (χ1) is 17.1. The third-order valence-corrected chi connectivity index (χ3v) is 6.25. The van der Waals surface area contributed by atoms with Crippen LogP contribution in [0.3, 0.4) is 0 Å². The van der Waals surface area contributed by atoms with Crippen molar-refractivity contribution in [1.82, 2.24) is 10.1 Å². The fourth-order valence-corrected chi connectivity index (χ4v) is 4.52. The summed E-state index contributed by atoms with van der Waals surface area (Å²) in [5.74, 6) is 0.845. The number of aryl methyl sites for hydroxylation is 1. The second kappa shape index (κ2) is 10.2. The topological polar surface area (TPSA) is 85.1 Å². The molecule has 1 aliphatic rings. The first-order valence-corrected chi connectivity index (χ1v) is 12.1. The zero-order chi connectivity index (χ0) is 26.0.